The van der Waals surface area contributed by atoms with Crippen LogP contribution in [0.2, 0.25) is 0 Å². The Morgan fingerprint density at radius 2 is 2.31 bits per heavy atom. The lowest BCUT2D eigenvalue weighted by Gasteiger charge is -2.42. The van der Waals surface area contributed by atoms with Crippen molar-refractivity contribution in [1.82, 2.24) is 0 Å². The number of terminal acetylenes is 1. The number of hydrogen-bond donors (Lipinski definition) is 1. The molecule has 2 N–H and O–H groups in total. The van der Waals surface area contributed by atoms with Crippen LogP contribution in [0.25, 0.3) is 0 Å². The Morgan fingerprint density at radius 1 is 1.62 bits per heavy atom. The Bertz CT molecular complexity index is 185. The van der Waals surface area contributed by atoms with Gasteiger partial charge < -0.3 is 10.5 Å². The quantitative estimate of drug-likeness (QED) is 0.655. The van der Waals surface area contributed by atoms with E-state index >= 15 is 0 Å². The molecular formula is C11H19NO. The van der Waals surface area contributed by atoms with E-state index in [-0.39, 0.29) is 11.6 Å². The molecule has 0 bridgehead atoms. The molecule has 0 amide bonds. The van der Waals surface area contributed by atoms with E-state index in [1.54, 1.807) is 7.11 Å². The first-order chi connectivity index (χ1) is 6.22. The van der Waals surface area contributed by atoms with Crippen molar-refractivity contribution in [2.24, 2.45) is 5.73 Å². The van der Waals surface area contributed by atoms with E-state index in [9.17, 15) is 0 Å². The van der Waals surface area contributed by atoms with Gasteiger partial charge >= 0.3 is 0 Å². The molecule has 2 nitrogen and oxygen atoms in total. The number of nitrogens with two attached hydrogens (primary N) is 1. The van der Waals surface area contributed by atoms with Crippen LogP contribution in [-0.2, 0) is 4.74 Å². The molecule has 0 saturated heterocycles. The third-order valence-electron chi connectivity index (χ3n) is 2.99. The second kappa shape index (κ2) is 4.64. The van der Waals surface area contributed by atoms with Gasteiger partial charge in [-0.2, -0.15) is 0 Å². The van der Waals surface area contributed by atoms with Gasteiger partial charge in [0.05, 0.1) is 5.60 Å². The second-order valence-electron chi connectivity index (χ2n) is 3.95. The lowest BCUT2D eigenvalue weighted by atomic mass is 9.75. The zero-order valence-electron chi connectivity index (χ0n) is 8.38. The third kappa shape index (κ3) is 2.72. The fourth-order valence-electron chi connectivity index (χ4n) is 1.91. The van der Waals surface area contributed by atoms with Crippen LogP contribution in [0.5, 0.6) is 0 Å². The molecule has 13 heavy (non-hydrogen) atoms. The molecule has 1 unspecified atom stereocenters. The summed E-state index contributed by atoms with van der Waals surface area (Å²) in [6.45, 7) is 0. The third-order valence-corrected chi connectivity index (χ3v) is 2.99. The lowest BCUT2D eigenvalue weighted by Crippen LogP contribution is -2.44. The van der Waals surface area contributed by atoms with Crippen LogP contribution in [0, 0.1) is 12.3 Å². The predicted molar refractivity (Wildman–Crippen MR) is 54.3 cm³/mol. The van der Waals surface area contributed by atoms with Gasteiger partial charge in [0, 0.05) is 19.6 Å². The van der Waals surface area contributed by atoms with Crippen molar-refractivity contribution < 1.29 is 4.74 Å². The molecule has 1 aliphatic carbocycles. The molecule has 1 atom stereocenters. The van der Waals surface area contributed by atoms with Crippen LogP contribution in [0.4, 0.5) is 0 Å². The van der Waals surface area contributed by atoms with Crippen molar-refractivity contribution in [2.75, 3.05) is 7.11 Å². The van der Waals surface area contributed by atoms with Gasteiger partial charge in [-0.1, -0.05) is 0 Å². The van der Waals surface area contributed by atoms with E-state index in [1.807, 2.05) is 0 Å². The molecule has 0 aliphatic heterocycles. The summed E-state index contributed by atoms with van der Waals surface area (Å²) in [4.78, 5) is 0. The van der Waals surface area contributed by atoms with Crippen LogP contribution in [0.15, 0.2) is 0 Å². The maximum absolute atomic E-state index is 5.96. The predicted octanol–water partition coefficient (Wildman–Crippen LogP) is 1.69. The molecule has 1 saturated carbocycles. The van der Waals surface area contributed by atoms with Crippen molar-refractivity contribution in [3.8, 4) is 12.3 Å². The molecule has 0 radical (unpaired) electrons. The number of hydrogen-bond acceptors (Lipinski definition) is 2. The lowest BCUT2D eigenvalue weighted by molar-refractivity contribution is -0.0816. The molecule has 1 aliphatic rings. The minimum Gasteiger partial charge on any atom is -0.378 e. The topological polar surface area (TPSA) is 35.2 Å². The van der Waals surface area contributed by atoms with Crippen LogP contribution < -0.4 is 5.73 Å². The van der Waals surface area contributed by atoms with Crippen LogP contribution >= 0.6 is 0 Å². The highest BCUT2D eigenvalue weighted by atomic mass is 16.5. The monoisotopic (exact) mass is 181 g/mol. The maximum Gasteiger partial charge on any atom is 0.0693 e. The summed E-state index contributed by atoms with van der Waals surface area (Å²) in [5.41, 5.74) is 6.05. The van der Waals surface area contributed by atoms with Crippen LogP contribution in [0.1, 0.15) is 38.5 Å². The fourth-order valence-corrected chi connectivity index (χ4v) is 1.91. The molecule has 0 heterocycles. The first kappa shape index (κ1) is 10.6. The van der Waals surface area contributed by atoms with Gasteiger partial charge in [0.1, 0.15) is 0 Å². The van der Waals surface area contributed by atoms with Crippen molar-refractivity contribution in [3.63, 3.8) is 0 Å². The minimum atomic E-state index is 0.0913. The van der Waals surface area contributed by atoms with Crippen molar-refractivity contribution in [3.05, 3.63) is 0 Å². The van der Waals surface area contributed by atoms with Gasteiger partial charge in [-0.3, -0.25) is 0 Å². The minimum absolute atomic E-state index is 0.0913. The maximum atomic E-state index is 5.96. The Morgan fingerprint density at radius 3 is 2.69 bits per heavy atom. The molecule has 0 aromatic rings. The summed E-state index contributed by atoms with van der Waals surface area (Å²) in [6, 6.07) is 0.205. The molecule has 0 spiro atoms. The Labute approximate surface area is 80.8 Å². The largest absolute Gasteiger partial charge is 0.378 e. The van der Waals surface area contributed by atoms with Crippen molar-refractivity contribution >= 4 is 0 Å². The molecule has 0 aromatic heterocycles. The highest BCUT2D eigenvalue weighted by molar-refractivity contribution is 4.93. The summed E-state index contributed by atoms with van der Waals surface area (Å²) >= 11 is 0. The first-order valence-electron chi connectivity index (χ1n) is 4.97. The van der Waals surface area contributed by atoms with E-state index in [4.69, 9.17) is 16.9 Å². The summed E-state index contributed by atoms with van der Waals surface area (Å²) in [5, 5.41) is 0. The Balaban J connectivity index is 2.26. The average Bonchev–Trinajstić information content (AvgIpc) is 2.08. The highest BCUT2D eigenvalue weighted by Crippen LogP contribution is 2.38. The Hall–Kier alpha value is -0.520. The van der Waals surface area contributed by atoms with Crippen molar-refractivity contribution in [2.45, 2.75) is 50.2 Å². The van der Waals surface area contributed by atoms with E-state index in [2.05, 4.69) is 5.92 Å². The molecule has 1 rings (SSSR count). The molecular weight excluding hydrogens is 162 g/mol. The second-order valence-corrected chi connectivity index (χ2v) is 3.95. The van der Waals surface area contributed by atoms with Gasteiger partial charge in [0.15, 0.2) is 0 Å². The number of rotatable bonds is 5. The van der Waals surface area contributed by atoms with E-state index in [0.29, 0.717) is 0 Å². The molecule has 74 valence electrons. The molecule has 0 aromatic carbocycles. The standard InChI is InChI=1S/C11H19NO/c1-3-4-6-10(12)9-11(13-2)7-5-8-11/h1,10H,4-9,12H2,2H3. The number of ether oxygens (including phenoxy) is 1. The van der Waals surface area contributed by atoms with E-state index in [1.165, 1.54) is 6.42 Å². The van der Waals surface area contributed by atoms with Gasteiger partial charge in [-0.05, 0) is 32.1 Å². The van der Waals surface area contributed by atoms with Gasteiger partial charge in [-0.15, -0.1) is 12.3 Å². The first-order valence-corrected chi connectivity index (χ1v) is 4.97. The Kier molecular flexibility index (Phi) is 3.77. The highest BCUT2D eigenvalue weighted by Gasteiger charge is 2.37. The van der Waals surface area contributed by atoms with Gasteiger partial charge in [0.2, 0.25) is 0 Å². The summed E-state index contributed by atoms with van der Waals surface area (Å²) < 4.78 is 5.49. The van der Waals surface area contributed by atoms with Crippen LogP contribution in [0.3, 0.4) is 0 Å². The summed E-state index contributed by atoms with van der Waals surface area (Å²) in [5.74, 6) is 2.62. The summed E-state index contributed by atoms with van der Waals surface area (Å²) in [7, 11) is 1.78. The molecule has 2 heteroatoms. The average molecular weight is 181 g/mol. The fraction of sp³-hybridized carbons (Fsp3) is 0.818. The van der Waals surface area contributed by atoms with E-state index < -0.39 is 0 Å². The summed E-state index contributed by atoms with van der Waals surface area (Å²) in [6.07, 6.45) is 11.4. The SMILES string of the molecule is C#CCCC(N)CC1(OC)CCC1. The van der Waals surface area contributed by atoms with E-state index in [0.717, 1.165) is 32.1 Å². The zero-order chi connectivity index (χ0) is 9.73. The smallest absolute Gasteiger partial charge is 0.0693 e. The van der Waals surface area contributed by atoms with Gasteiger partial charge in [0.25, 0.3) is 0 Å². The normalized spacial score (nSPS) is 21.6. The van der Waals surface area contributed by atoms with Gasteiger partial charge in [-0.25, -0.2) is 0 Å². The number of methoxy groups -OCH3 is 1. The van der Waals surface area contributed by atoms with Crippen LogP contribution in [-0.4, -0.2) is 18.8 Å². The molecule has 1 fully saturated rings. The van der Waals surface area contributed by atoms with Crippen molar-refractivity contribution in [1.29, 1.82) is 0 Å². The zero-order valence-corrected chi connectivity index (χ0v) is 8.38.